The molecule has 212 valence electrons. The number of likely N-dealkylation sites (tertiary alicyclic amines) is 1. The second-order valence-corrected chi connectivity index (χ2v) is 14.6. The lowest BCUT2D eigenvalue weighted by Gasteiger charge is -2.35. The summed E-state index contributed by atoms with van der Waals surface area (Å²) in [5, 5.41) is 9.50. The third kappa shape index (κ3) is 5.78. The minimum Gasteiger partial charge on any atom is -0.444 e. The summed E-state index contributed by atoms with van der Waals surface area (Å²) in [6.45, 7) is 5.36. The Morgan fingerprint density at radius 3 is 2.48 bits per heavy atom. The minimum absolute atomic E-state index is 0.0305. The molecule has 2 aliphatic carbocycles. The van der Waals surface area contributed by atoms with Gasteiger partial charge in [-0.25, -0.2) is 17.6 Å². The first-order valence-corrected chi connectivity index (χ1v) is 15.5. The van der Waals surface area contributed by atoms with Gasteiger partial charge in [0.05, 0.1) is 28.2 Å². The number of nitriles is 1. The zero-order chi connectivity index (χ0) is 28.8. The van der Waals surface area contributed by atoms with E-state index in [4.69, 9.17) is 4.74 Å². The number of halogens is 1. The van der Waals surface area contributed by atoms with Gasteiger partial charge in [0.1, 0.15) is 11.4 Å². The second kappa shape index (κ2) is 10.6. The Hall–Kier alpha value is -3.25. The zero-order valence-corrected chi connectivity index (χ0v) is 23.9. The molecular formula is C31H35FN2O5S. The normalized spacial score (nSPS) is 23.1. The number of ether oxygens (including phenoxy) is 1. The molecule has 2 aromatic rings. The van der Waals surface area contributed by atoms with Gasteiger partial charge in [-0.3, -0.25) is 9.69 Å². The average Bonchev–Trinajstić information content (AvgIpc) is 3.57. The average molecular weight is 567 g/mol. The van der Waals surface area contributed by atoms with E-state index in [1.165, 1.54) is 6.07 Å². The van der Waals surface area contributed by atoms with Crippen LogP contribution in [-0.4, -0.2) is 48.1 Å². The van der Waals surface area contributed by atoms with E-state index in [2.05, 4.69) is 6.07 Å². The molecule has 0 N–H and O–H groups in total. The number of benzene rings is 2. The molecule has 1 aliphatic heterocycles. The van der Waals surface area contributed by atoms with Crippen LogP contribution in [0.4, 0.5) is 9.18 Å². The Morgan fingerprint density at radius 2 is 1.82 bits per heavy atom. The van der Waals surface area contributed by atoms with Crippen LogP contribution in [0.1, 0.15) is 64.9 Å². The van der Waals surface area contributed by atoms with Gasteiger partial charge in [0.15, 0.2) is 15.6 Å². The van der Waals surface area contributed by atoms with E-state index in [1.54, 1.807) is 62.1 Å². The number of sulfone groups is 1. The summed E-state index contributed by atoms with van der Waals surface area (Å²) in [6.07, 6.45) is 3.26. The van der Waals surface area contributed by atoms with Gasteiger partial charge in [-0.15, -0.1) is 0 Å². The van der Waals surface area contributed by atoms with Crippen LogP contribution in [0.15, 0.2) is 47.4 Å². The van der Waals surface area contributed by atoms with Gasteiger partial charge in [-0.05, 0) is 100 Å². The van der Waals surface area contributed by atoms with Crippen LogP contribution in [0, 0.1) is 29.0 Å². The molecule has 1 heterocycles. The van der Waals surface area contributed by atoms with Crippen molar-refractivity contribution in [2.45, 2.75) is 93.5 Å². The van der Waals surface area contributed by atoms with Crippen LogP contribution in [0.3, 0.4) is 0 Å². The topological polar surface area (TPSA) is 105 Å². The summed E-state index contributed by atoms with van der Waals surface area (Å²) in [6, 6.07) is 12.7. The minimum atomic E-state index is -3.37. The summed E-state index contributed by atoms with van der Waals surface area (Å²) < 4.78 is 46.1. The second-order valence-electron chi connectivity index (χ2n) is 12.3. The van der Waals surface area contributed by atoms with Gasteiger partial charge in [0, 0.05) is 12.5 Å². The van der Waals surface area contributed by atoms with Gasteiger partial charge in [0.2, 0.25) is 0 Å². The molecule has 0 spiro atoms. The highest BCUT2D eigenvalue weighted by Crippen LogP contribution is 2.44. The van der Waals surface area contributed by atoms with Crippen molar-refractivity contribution in [1.82, 2.24) is 4.90 Å². The van der Waals surface area contributed by atoms with Gasteiger partial charge >= 0.3 is 6.09 Å². The number of amides is 1. The molecule has 3 aliphatic rings. The summed E-state index contributed by atoms with van der Waals surface area (Å²) in [7, 11) is -3.37. The molecular weight excluding hydrogens is 531 g/mol. The summed E-state index contributed by atoms with van der Waals surface area (Å²) in [5.41, 5.74) is 0.756. The summed E-state index contributed by atoms with van der Waals surface area (Å²) >= 11 is 0. The molecule has 2 aromatic carbocycles. The van der Waals surface area contributed by atoms with Crippen molar-refractivity contribution in [2.75, 3.05) is 0 Å². The van der Waals surface area contributed by atoms with Crippen LogP contribution in [0.25, 0.3) is 11.1 Å². The molecule has 5 rings (SSSR count). The van der Waals surface area contributed by atoms with Crippen molar-refractivity contribution < 1.29 is 27.1 Å². The number of piperidine rings is 1. The van der Waals surface area contributed by atoms with E-state index in [9.17, 15) is 23.3 Å². The SMILES string of the molecule is CC(C)(C)OC(=O)N1[C@@H]2CC[C@@H](C2)[C@H]1C(=O)C[C@H](C#N)Cc1ccc(-c2cccc(S(=O)(=O)C3CC3)c2)cc1F. The molecule has 1 amide bonds. The highest BCUT2D eigenvalue weighted by molar-refractivity contribution is 7.92. The Morgan fingerprint density at radius 1 is 1.10 bits per heavy atom. The number of carbonyl (C=O) groups excluding carboxylic acids is 2. The Labute approximate surface area is 235 Å². The van der Waals surface area contributed by atoms with Crippen molar-refractivity contribution in [3.63, 3.8) is 0 Å². The van der Waals surface area contributed by atoms with E-state index in [-0.39, 0.29) is 40.7 Å². The van der Waals surface area contributed by atoms with Gasteiger partial charge in [-0.2, -0.15) is 5.26 Å². The first-order chi connectivity index (χ1) is 18.9. The van der Waals surface area contributed by atoms with E-state index in [0.29, 0.717) is 29.5 Å². The summed E-state index contributed by atoms with van der Waals surface area (Å²) in [4.78, 5) is 28.2. The van der Waals surface area contributed by atoms with E-state index in [1.807, 2.05) is 0 Å². The third-order valence-corrected chi connectivity index (χ3v) is 10.4. The van der Waals surface area contributed by atoms with Crippen LogP contribution in [-0.2, 0) is 25.8 Å². The van der Waals surface area contributed by atoms with Gasteiger partial charge in [0.25, 0.3) is 0 Å². The molecule has 0 aromatic heterocycles. The Bertz CT molecular complexity index is 1470. The molecule has 4 atom stereocenters. The molecule has 2 saturated carbocycles. The highest BCUT2D eigenvalue weighted by Gasteiger charge is 2.52. The molecule has 0 unspecified atom stereocenters. The highest BCUT2D eigenvalue weighted by atomic mass is 32.2. The quantitative estimate of drug-likeness (QED) is 0.397. The molecule has 40 heavy (non-hydrogen) atoms. The maximum absolute atomic E-state index is 15.2. The molecule has 1 saturated heterocycles. The summed E-state index contributed by atoms with van der Waals surface area (Å²) in [5.74, 6) is -1.40. The Kier molecular flexibility index (Phi) is 7.51. The monoisotopic (exact) mass is 566 g/mol. The maximum Gasteiger partial charge on any atom is 0.411 e. The van der Waals surface area contributed by atoms with Crippen LogP contribution in [0.5, 0.6) is 0 Å². The lowest BCUT2D eigenvalue weighted by Crippen LogP contribution is -2.51. The van der Waals surface area contributed by atoms with Crippen LogP contribution in [0.2, 0.25) is 0 Å². The fourth-order valence-corrected chi connectivity index (χ4v) is 7.79. The first-order valence-electron chi connectivity index (χ1n) is 13.9. The number of Topliss-reactive ketones (excluding diaryl/α,β-unsaturated/α-hetero) is 1. The van der Waals surface area contributed by atoms with Crippen molar-refractivity contribution in [3.05, 3.63) is 53.8 Å². The number of hydrogen-bond acceptors (Lipinski definition) is 6. The lowest BCUT2D eigenvalue weighted by molar-refractivity contribution is -0.126. The van der Waals surface area contributed by atoms with E-state index >= 15 is 4.39 Å². The van der Waals surface area contributed by atoms with Crippen molar-refractivity contribution >= 4 is 21.7 Å². The fourth-order valence-electron chi connectivity index (χ4n) is 6.09. The van der Waals surface area contributed by atoms with Crippen LogP contribution >= 0.6 is 0 Å². The lowest BCUT2D eigenvalue weighted by atomic mass is 9.87. The molecule has 9 heteroatoms. The van der Waals surface area contributed by atoms with Crippen molar-refractivity contribution in [1.29, 1.82) is 5.26 Å². The van der Waals surface area contributed by atoms with Crippen molar-refractivity contribution in [3.8, 4) is 17.2 Å². The molecule has 3 fully saturated rings. The van der Waals surface area contributed by atoms with Crippen molar-refractivity contribution in [2.24, 2.45) is 11.8 Å². The third-order valence-electron chi connectivity index (χ3n) is 8.13. The number of nitrogens with zero attached hydrogens (tertiary/aromatic N) is 2. The van der Waals surface area contributed by atoms with Gasteiger partial charge < -0.3 is 4.74 Å². The largest absolute Gasteiger partial charge is 0.444 e. The van der Waals surface area contributed by atoms with E-state index in [0.717, 1.165) is 19.3 Å². The first kappa shape index (κ1) is 28.3. The molecule has 7 nitrogen and oxygen atoms in total. The number of hydrogen-bond donors (Lipinski definition) is 0. The Balaban J connectivity index is 1.28. The molecule has 0 radical (unpaired) electrons. The smallest absolute Gasteiger partial charge is 0.411 e. The predicted octanol–water partition coefficient (Wildman–Crippen LogP) is 5.86. The standard InChI is InChI=1S/C31H35FN2O5S/c1-31(2,3)39-30(36)34-24-10-9-23(15-24)29(34)28(35)14-19(18-33)13-22-8-7-21(17-27(22)32)20-5-4-6-26(16-20)40(37,38)25-11-12-25/h4-8,16-17,19,23-25,29H,9-15H2,1-3H3/t19-,23+,24-,29+/m1/s1. The number of rotatable bonds is 8. The van der Waals surface area contributed by atoms with Gasteiger partial charge in [-0.1, -0.05) is 24.3 Å². The fraction of sp³-hybridized carbons (Fsp3) is 0.516. The maximum atomic E-state index is 15.2. The number of ketones is 1. The predicted molar refractivity (Wildman–Crippen MR) is 147 cm³/mol. The number of fused-ring (bicyclic) bond motifs is 2. The van der Waals surface area contributed by atoms with Crippen LogP contribution < -0.4 is 0 Å². The zero-order valence-electron chi connectivity index (χ0n) is 23.1. The van der Waals surface area contributed by atoms with E-state index < -0.39 is 39.3 Å². The molecule has 2 bridgehead atoms. The number of carbonyl (C=O) groups is 2.